The summed E-state index contributed by atoms with van der Waals surface area (Å²) in [6.07, 6.45) is 33.5. The number of hydrogen-bond acceptors (Lipinski definition) is 4. The predicted molar refractivity (Wildman–Crippen MR) is 174 cm³/mol. The van der Waals surface area contributed by atoms with Crippen LogP contribution >= 0.6 is 0 Å². The molecule has 0 aromatic rings. The van der Waals surface area contributed by atoms with Crippen LogP contribution in [0.25, 0.3) is 0 Å². The molecule has 0 radical (unpaired) electrons. The first kappa shape index (κ1) is 38.0. The van der Waals surface area contributed by atoms with Crippen molar-refractivity contribution in [3.8, 4) is 0 Å². The largest absolute Gasteiger partial charge is 0.465 e. The van der Waals surface area contributed by atoms with Crippen LogP contribution in [0.15, 0.2) is 0 Å². The van der Waals surface area contributed by atoms with Gasteiger partial charge in [0.1, 0.15) is 0 Å². The molecule has 0 bridgehead atoms. The van der Waals surface area contributed by atoms with Gasteiger partial charge in [0, 0.05) is 0 Å². The Morgan fingerprint density at radius 2 is 0.780 bits per heavy atom. The van der Waals surface area contributed by atoms with E-state index in [1.54, 1.807) is 0 Å². The molecule has 41 heavy (non-hydrogen) atoms. The van der Waals surface area contributed by atoms with Gasteiger partial charge < -0.3 is 9.47 Å². The summed E-state index contributed by atoms with van der Waals surface area (Å²) in [6.45, 7) is 7.70. The van der Waals surface area contributed by atoms with Gasteiger partial charge in [-0.05, 0) is 38.0 Å². The Kier molecular flexibility index (Phi) is 25.7. The van der Waals surface area contributed by atoms with Crippen LogP contribution < -0.4 is 0 Å². The second-order valence-corrected chi connectivity index (χ2v) is 13.2. The van der Waals surface area contributed by atoms with Gasteiger partial charge in [-0.3, -0.25) is 9.59 Å². The summed E-state index contributed by atoms with van der Waals surface area (Å²) in [5.41, 5.74) is 0. The molecule has 0 N–H and O–H groups in total. The lowest BCUT2D eigenvalue weighted by molar-refractivity contribution is -0.163. The summed E-state index contributed by atoms with van der Waals surface area (Å²) in [4.78, 5) is 25.8. The molecule has 242 valence electrons. The lowest BCUT2D eigenvalue weighted by Gasteiger charge is -2.31. The lowest BCUT2D eigenvalue weighted by atomic mass is 9.74. The first-order valence-electron chi connectivity index (χ1n) is 18.4. The van der Waals surface area contributed by atoms with Crippen molar-refractivity contribution in [2.75, 3.05) is 13.2 Å². The smallest absolute Gasteiger partial charge is 0.309 e. The monoisotopic (exact) mass is 579 g/mol. The zero-order chi connectivity index (χ0) is 29.8. The third-order valence-electron chi connectivity index (χ3n) is 9.20. The van der Waals surface area contributed by atoms with Gasteiger partial charge in [-0.15, -0.1) is 0 Å². The third-order valence-corrected chi connectivity index (χ3v) is 9.20. The van der Waals surface area contributed by atoms with Gasteiger partial charge in [-0.25, -0.2) is 0 Å². The summed E-state index contributed by atoms with van der Waals surface area (Å²) in [6, 6.07) is 0. The highest BCUT2D eigenvalue weighted by Gasteiger charge is 2.40. The first-order chi connectivity index (χ1) is 20.1. The Bertz CT molecular complexity index is 604. The number of hydrogen-bond donors (Lipinski definition) is 0. The molecule has 3 atom stereocenters. The minimum Gasteiger partial charge on any atom is -0.465 e. The van der Waals surface area contributed by atoms with Gasteiger partial charge >= 0.3 is 11.9 Å². The van der Waals surface area contributed by atoms with Gasteiger partial charge in [-0.2, -0.15) is 0 Å². The third kappa shape index (κ3) is 21.3. The molecule has 3 unspecified atom stereocenters. The van der Waals surface area contributed by atoms with E-state index >= 15 is 0 Å². The minimum absolute atomic E-state index is 0.174. The minimum atomic E-state index is -0.328. The van der Waals surface area contributed by atoms with Crippen molar-refractivity contribution in [3.05, 3.63) is 0 Å². The number of unbranched alkanes of at least 4 members (excludes halogenated alkanes) is 22. The van der Waals surface area contributed by atoms with Gasteiger partial charge in [0.2, 0.25) is 0 Å². The van der Waals surface area contributed by atoms with E-state index in [0.29, 0.717) is 19.1 Å². The van der Waals surface area contributed by atoms with E-state index in [9.17, 15) is 9.59 Å². The van der Waals surface area contributed by atoms with E-state index < -0.39 is 0 Å². The van der Waals surface area contributed by atoms with Crippen molar-refractivity contribution >= 4 is 11.9 Å². The van der Waals surface area contributed by atoms with Crippen molar-refractivity contribution in [1.82, 2.24) is 0 Å². The molecule has 1 rings (SSSR count). The summed E-state index contributed by atoms with van der Waals surface area (Å²) in [7, 11) is 0. The number of ether oxygens (including phenoxy) is 2. The molecule has 1 fully saturated rings. The molecule has 0 aromatic heterocycles. The molecule has 0 spiro atoms. The quantitative estimate of drug-likeness (QED) is 0.0684. The topological polar surface area (TPSA) is 52.6 Å². The maximum absolute atomic E-state index is 12.9. The summed E-state index contributed by atoms with van der Waals surface area (Å²) < 4.78 is 11.3. The molecule has 0 saturated heterocycles. The predicted octanol–water partition coefficient (Wildman–Crippen LogP) is 11.5. The zero-order valence-electron chi connectivity index (χ0n) is 27.9. The summed E-state index contributed by atoms with van der Waals surface area (Å²) in [5, 5.41) is 0. The van der Waals surface area contributed by atoms with Crippen LogP contribution in [0, 0.1) is 17.8 Å². The average molecular weight is 579 g/mol. The Morgan fingerprint density at radius 1 is 0.463 bits per heavy atom. The van der Waals surface area contributed by atoms with Crippen LogP contribution in [-0.4, -0.2) is 25.2 Å². The van der Waals surface area contributed by atoms with Crippen LogP contribution in [0.5, 0.6) is 0 Å². The molecule has 0 amide bonds. The van der Waals surface area contributed by atoms with Crippen LogP contribution in [-0.2, 0) is 19.1 Å². The molecule has 1 saturated carbocycles. The van der Waals surface area contributed by atoms with Gasteiger partial charge in [0.25, 0.3) is 0 Å². The molecule has 1 aliphatic rings. The molecular formula is C37H70O4. The van der Waals surface area contributed by atoms with E-state index in [2.05, 4.69) is 20.8 Å². The average Bonchev–Trinajstić information content (AvgIpc) is 2.97. The van der Waals surface area contributed by atoms with E-state index in [1.165, 1.54) is 128 Å². The fourth-order valence-electron chi connectivity index (χ4n) is 6.37. The molecule has 0 aliphatic heterocycles. The SMILES string of the molecule is CCCCCCCCCCCCCCOC(=O)C1CCC(C)CC1C(=O)OCCCCCCCCCCCCCC. The van der Waals surface area contributed by atoms with Crippen molar-refractivity contribution in [1.29, 1.82) is 0 Å². The number of esters is 2. The maximum Gasteiger partial charge on any atom is 0.309 e. The number of carbonyl (C=O) groups is 2. The Balaban J connectivity index is 2.09. The second kappa shape index (κ2) is 27.8. The van der Waals surface area contributed by atoms with Crippen molar-refractivity contribution < 1.29 is 19.1 Å². The fourth-order valence-corrected chi connectivity index (χ4v) is 6.37. The van der Waals surface area contributed by atoms with E-state index in [-0.39, 0.29) is 23.8 Å². The number of carbonyl (C=O) groups excluding carboxylic acids is 2. The number of rotatable bonds is 28. The Hall–Kier alpha value is -1.06. The Morgan fingerprint density at radius 3 is 1.15 bits per heavy atom. The highest BCUT2D eigenvalue weighted by Crippen LogP contribution is 2.35. The molecular weight excluding hydrogens is 508 g/mol. The van der Waals surface area contributed by atoms with E-state index in [4.69, 9.17) is 9.47 Å². The summed E-state index contributed by atoms with van der Waals surface area (Å²) >= 11 is 0. The van der Waals surface area contributed by atoms with Crippen molar-refractivity contribution in [2.45, 2.75) is 194 Å². The molecule has 0 aromatic carbocycles. The van der Waals surface area contributed by atoms with Crippen LogP contribution in [0.1, 0.15) is 194 Å². The van der Waals surface area contributed by atoms with Crippen LogP contribution in [0.3, 0.4) is 0 Å². The molecule has 4 heteroatoms. The van der Waals surface area contributed by atoms with E-state index in [0.717, 1.165) is 44.9 Å². The second-order valence-electron chi connectivity index (χ2n) is 13.2. The van der Waals surface area contributed by atoms with Crippen molar-refractivity contribution in [2.24, 2.45) is 17.8 Å². The van der Waals surface area contributed by atoms with Gasteiger partial charge in [0.15, 0.2) is 0 Å². The standard InChI is InChI=1S/C37H70O4/c1-4-6-8-10-12-14-16-18-20-22-24-26-30-40-36(38)34-29-28-33(3)32-35(34)37(39)41-31-27-25-23-21-19-17-15-13-11-9-7-5-2/h33-35H,4-32H2,1-3H3. The molecule has 1 aliphatic carbocycles. The van der Waals surface area contributed by atoms with Crippen LogP contribution in [0.2, 0.25) is 0 Å². The highest BCUT2D eigenvalue weighted by molar-refractivity contribution is 5.82. The summed E-state index contributed by atoms with van der Waals surface area (Å²) in [5.74, 6) is -0.539. The van der Waals surface area contributed by atoms with Crippen molar-refractivity contribution in [3.63, 3.8) is 0 Å². The maximum atomic E-state index is 12.9. The highest BCUT2D eigenvalue weighted by atomic mass is 16.5. The van der Waals surface area contributed by atoms with Gasteiger partial charge in [-0.1, -0.05) is 162 Å². The van der Waals surface area contributed by atoms with E-state index in [1.807, 2.05) is 0 Å². The molecule has 0 heterocycles. The molecule has 4 nitrogen and oxygen atoms in total. The Labute approximate surface area is 255 Å². The lowest BCUT2D eigenvalue weighted by Crippen LogP contribution is -2.37. The first-order valence-corrected chi connectivity index (χ1v) is 18.4. The fraction of sp³-hybridized carbons (Fsp3) is 0.946. The van der Waals surface area contributed by atoms with Crippen LogP contribution in [0.4, 0.5) is 0 Å². The van der Waals surface area contributed by atoms with Gasteiger partial charge in [0.05, 0.1) is 25.0 Å². The normalized spacial score (nSPS) is 18.9. The zero-order valence-corrected chi connectivity index (χ0v) is 27.9.